The van der Waals surface area contributed by atoms with Crippen LogP contribution in [-0.4, -0.2) is 42.0 Å². The molecule has 0 spiro atoms. The van der Waals surface area contributed by atoms with Crippen LogP contribution in [0.15, 0.2) is 42.6 Å². The molecule has 1 saturated heterocycles. The van der Waals surface area contributed by atoms with Gasteiger partial charge < -0.3 is 10.1 Å². The number of carbonyl (C=O) groups is 1. The summed E-state index contributed by atoms with van der Waals surface area (Å²) in [6, 6.07) is 8.33. The number of nitrogens with zero attached hydrogens (tertiary/aromatic N) is 2. The van der Waals surface area contributed by atoms with Gasteiger partial charge in [-0.2, -0.15) is 4.31 Å². The lowest BCUT2D eigenvalue weighted by molar-refractivity contribution is -0.125. The Bertz CT molecular complexity index is 966. The summed E-state index contributed by atoms with van der Waals surface area (Å²) < 4.78 is 45.0. The highest BCUT2D eigenvalue weighted by molar-refractivity contribution is 7.89. The predicted octanol–water partition coefficient (Wildman–Crippen LogP) is 3.22. The first-order chi connectivity index (χ1) is 14.4. The summed E-state index contributed by atoms with van der Waals surface area (Å²) in [6.45, 7) is 2.41. The molecule has 1 fully saturated rings. The largest absolute Gasteiger partial charge is 0.439 e. The lowest BCUT2D eigenvalue weighted by Crippen LogP contribution is -2.52. The SMILES string of the molecule is CCCS(=O)(=O)N1CCCCC1C(=O)NCc1ccnc(Oc2ccc(F)cc2)c1. The smallest absolute Gasteiger partial charge is 0.238 e. The number of halogens is 1. The molecule has 1 aromatic heterocycles. The number of ether oxygens (including phenoxy) is 1. The number of hydrogen-bond acceptors (Lipinski definition) is 5. The summed E-state index contributed by atoms with van der Waals surface area (Å²) in [5, 5.41) is 2.83. The Kier molecular flexibility index (Phi) is 7.38. The van der Waals surface area contributed by atoms with Crippen LogP contribution in [0, 0.1) is 5.82 Å². The molecule has 0 radical (unpaired) electrons. The molecule has 7 nitrogen and oxygen atoms in total. The van der Waals surface area contributed by atoms with Crippen LogP contribution in [0.4, 0.5) is 4.39 Å². The molecule has 2 aromatic rings. The number of hydrogen-bond donors (Lipinski definition) is 1. The Labute approximate surface area is 176 Å². The van der Waals surface area contributed by atoms with Crippen molar-refractivity contribution in [2.45, 2.75) is 45.2 Å². The summed E-state index contributed by atoms with van der Waals surface area (Å²) in [7, 11) is -3.44. The van der Waals surface area contributed by atoms with Gasteiger partial charge in [0.2, 0.25) is 21.8 Å². The molecule has 2 heterocycles. The normalized spacial score (nSPS) is 17.5. The molecule has 0 aliphatic carbocycles. The quantitative estimate of drug-likeness (QED) is 0.688. The van der Waals surface area contributed by atoms with Gasteiger partial charge in [0.05, 0.1) is 5.75 Å². The van der Waals surface area contributed by atoms with Crippen molar-refractivity contribution in [1.29, 1.82) is 0 Å². The minimum absolute atomic E-state index is 0.0468. The highest BCUT2D eigenvalue weighted by atomic mass is 32.2. The summed E-state index contributed by atoms with van der Waals surface area (Å²) in [5.41, 5.74) is 0.759. The number of piperidine rings is 1. The van der Waals surface area contributed by atoms with Gasteiger partial charge in [-0.3, -0.25) is 4.79 Å². The topological polar surface area (TPSA) is 88.6 Å². The summed E-state index contributed by atoms with van der Waals surface area (Å²) in [6.07, 6.45) is 4.17. The van der Waals surface area contributed by atoms with Crippen molar-refractivity contribution in [2.24, 2.45) is 0 Å². The third-order valence-electron chi connectivity index (χ3n) is 4.88. The van der Waals surface area contributed by atoms with Crippen LogP contribution in [0.3, 0.4) is 0 Å². The molecular weight excluding hydrogens is 409 g/mol. The molecular formula is C21H26FN3O4S. The average molecular weight is 436 g/mol. The molecule has 1 atom stereocenters. The van der Waals surface area contributed by atoms with Crippen molar-refractivity contribution in [2.75, 3.05) is 12.3 Å². The van der Waals surface area contributed by atoms with Crippen LogP contribution in [0.2, 0.25) is 0 Å². The Hall–Kier alpha value is -2.52. The van der Waals surface area contributed by atoms with Gasteiger partial charge in [-0.25, -0.2) is 17.8 Å². The molecule has 1 aliphatic heterocycles. The maximum atomic E-state index is 13.0. The summed E-state index contributed by atoms with van der Waals surface area (Å²) >= 11 is 0. The predicted molar refractivity (Wildman–Crippen MR) is 111 cm³/mol. The van der Waals surface area contributed by atoms with Crippen molar-refractivity contribution in [3.63, 3.8) is 0 Å². The maximum absolute atomic E-state index is 13.0. The molecule has 162 valence electrons. The molecule has 0 bridgehead atoms. The van der Waals surface area contributed by atoms with Crippen LogP contribution < -0.4 is 10.1 Å². The maximum Gasteiger partial charge on any atom is 0.238 e. The lowest BCUT2D eigenvalue weighted by Gasteiger charge is -2.33. The van der Waals surface area contributed by atoms with E-state index in [4.69, 9.17) is 4.74 Å². The van der Waals surface area contributed by atoms with Crippen LogP contribution in [-0.2, 0) is 21.4 Å². The van der Waals surface area contributed by atoms with Crippen molar-refractivity contribution < 1.29 is 22.3 Å². The molecule has 1 aliphatic rings. The fourth-order valence-electron chi connectivity index (χ4n) is 3.42. The van der Waals surface area contributed by atoms with E-state index in [1.165, 1.54) is 28.6 Å². The van der Waals surface area contributed by atoms with Gasteiger partial charge in [0.25, 0.3) is 0 Å². The number of pyridine rings is 1. The summed E-state index contributed by atoms with van der Waals surface area (Å²) in [4.78, 5) is 16.9. The zero-order valence-electron chi connectivity index (χ0n) is 16.9. The van der Waals surface area contributed by atoms with Crippen molar-refractivity contribution in [3.05, 3.63) is 54.0 Å². The molecule has 1 N–H and O–H groups in total. The Morgan fingerprint density at radius 1 is 1.27 bits per heavy atom. The van der Waals surface area contributed by atoms with Gasteiger partial charge in [-0.15, -0.1) is 0 Å². The second-order valence-electron chi connectivity index (χ2n) is 7.21. The monoisotopic (exact) mass is 435 g/mol. The first-order valence-electron chi connectivity index (χ1n) is 10.0. The molecule has 1 aromatic carbocycles. The minimum Gasteiger partial charge on any atom is -0.439 e. The fourth-order valence-corrected chi connectivity index (χ4v) is 5.17. The number of amides is 1. The van der Waals surface area contributed by atoms with E-state index < -0.39 is 16.1 Å². The molecule has 1 unspecified atom stereocenters. The zero-order chi connectivity index (χ0) is 21.6. The highest BCUT2D eigenvalue weighted by Gasteiger charge is 2.35. The van der Waals surface area contributed by atoms with E-state index in [0.29, 0.717) is 31.0 Å². The van der Waals surface area contributed by atoms with Gasteiger partial charge in [0.1, 0.15) is 17.6 Å². The van der Waals surface area contributed by atoms with E-state index in [1.54, 1.807) is 18.3 Å². The number of aromatic nitrogens is 1. The number of nitrogens with one attached hydrogen (secondary N) is 1. The van der Waals surface area contributed by atoms with Gasteiger partial charge in [0.15, 0.2) is 0 Å². The first-order valence-corrected chi connectivity index (χ1v) is 11.7. The van der Waals surface area contributed by atoms with Crippen LogP contribution in [0.25, 0.3) is 0 Å². The van der Waals surface area contributed by atoms with Crippen LogP contribution in [0.1, 0.15) is 38.2 Å². The van der Waals surface area contributed by atoms with E-state index >= 15 is 0 Å². The molecule has 1 amide bonds. The summed E-state index contributed by atoms with van der Waals surface area (Å²) in [5.74, 6) is 0.157. The second-order valence-corrected chi connectivity index (χ2v) is 9.26. The molecule has 3 rings (SSSR count). The third-order valence-corrected chi connectivity index (χ3v) is 6.95. The first kappa shape index (κ1) is 22.2. The van der Waals surface area contributed by atoms with Gasteiger partial charge >= 0.3 is 0 Å². The van der Waals surface area contributed by atoms with Crippen molar-refractivity contribution in [3.8, 4) is 11.6 Å². The number of carbonyl (C=O) groups excluding carboxylic acids is 1. The van der Waals surface area contributed by atoms with Crippen LogP contribution >= 0.6 is 0 Å². The van der Waals surface area contributed by atoms with E-state index in [2.05, 4.69) is 10.3 Å². The molecule has 9 heteroatoms. The molecule has 30 heavy (non-hydrogen) atoms. The number of benzene rings is 1. The van der Waals surface area contributed by atoms with Gasteiger partial charge in [0, 0.05) is 25.4 Å². The van der Waals surface area contributed by atoms with E-state index in [-0.39, 0.29) is 24.0 Å². The second kappa shape index (κ2) is 9.99. The molecule has 0 saturated carbocycles. The van der Waals surface area contributed by atoms with Gasteiger partial charge in [-0.1, -0.05) is 13.3 Å². The minimum atomic E-state index is -3.44. The van der Waals surface area contributed by atoms with E-state index in [0.717, 1.165) is 18.4 Å². The Morgan fingerprint density at radius 2 is 2.03 bits per heavy atom. The average Bonchev–Trinajstić information content (AvgIpc) is 2.74. The Balaban J connectivity index is 1.63. The van der Waals surface area contributed by atoms with E-state index in [9.17, 15) is 17.6 Å². The Morgan fingerprint density at radius 3 is 2.77 bits per heavy atom. The number of sulfonamides is 1. The highest BCUT2D eigenvalue weighted by Crippen LogP contribution is 2.22. The van der Waals surface area contributed by atoms with Gasteiger partial charge in [-0.05, 0) is 55.2 Å². The van der Waals surface area contributed by atoms with Crippen molar-refractivity contribution >= 4 is 15.9 Å². The van der Waals surface area contributed by atoms with Crippen molar-refractivity contribution in [1.82, 2.24) is 14.6 Å². The van der Waals surface area contributed by atoms with E-state index in [1.807, 2.05) is 6.92 Å². The fraction of sp³-hybridized carbons (Fsp3) is 0.429. The zero-order valence-corrected chi connectivity index (χ0v) is 17.7. The number of rotatable bonds is 8. The lowest BCUT2D eigenvalue weighted by atomic mass is 10.0. The standard InChI is InChI=1S/C21H26FN3O4S/c1-2-13-30(27,28)25-12-4-3-5-19(25)21(26)24-15-16-10-11-23-20(14-16)29-18-8-6-17(22)7-9-18/h6-11,14,19H,2-5,12-13,15H2,1H3,(H,24,26). The van der Waals surface area contributed by atoms with Crippen LogP contribution in [0.5, 0.6) is 11.6 Å². The third kappa shape index (κ3) is 5.76.